The van der Waals surface area contributed by atoms with Gasteiger partial charge < -0.3 is 15.2 Å². The van der Waals surface area contributed by atoms with E-state index in [0.29, 0.717) is 0 Å². The van der Waals surface area contributed by atoms with Gasteiger partial charge in [-0.25, -0.2) is 4.39 Å². The highest BCUT2D eigenvalue weighted by Gasteiger charge is 1.91. The summed E-state index contributed by atoms with van der Waals surface area (Å²) in [7, 11) is -0.750. The molecule has 0 amide bonds. The molecule has 1 aromatic carbocycles. The second-order valence-corrected chi connectivity index (χ2v) is 1.59. The second kappa shape index (κ2) is 5.70. The Bertz CT molecular complexity index is 186. The van der Waals surface area contributed by atoms with Gasteiger partial charge in [0.15, 0.2) is 11.6 Å². The molecule has 3 N–H and O–H groups in total. The average molecular weight is 158 g/mol. The van der Waals surface area contributed by atoms with Crippen LogP contribution >= 0.6 is 0 Å². The Morgan fingerprint density at radius 1 is 1.18 bits per heavy atom. The number of phenols is 1. The number of rotatable bonds is 0. The van der Waals surface area contributed by atoms with Crippen LogP contribution < -0.4 is 0 Å². The van der Waals surface area contributed by atoms with Gasteiger partial charge >= 0.3 is 7.69 Å². The lowest BCUT2D eigenvalue weighted by atomic mass is 10.3. The third-order valence-corrected chi connectivity index (χ3v) is 0.852. The number of hydrogen-bond acceptors (Lipinski definition) is 3. The first-order valence-electron chi connectivity index (χ1n) is 2.87. The van der Waals surface area contributed by atoms with Crippen LogP contribution in [-0.2, 0) is 0 Å². The molecule has 0 saturated heterocycles. The summed E-state index contributed by atoms with van der Waals surface area (Å²) in [6, 6.07) is 5.60. The SMILES string of the molecule is OBO.Oc1ccccc1F. The Morgan fingerprint density at radius 3 is 1.91 bits per heavy atom. The summed E-state index contributed by atoms with van der Waals surface area (Å²) in [5.74, 6) is -0.875. The van der Waals surface area contributed by atoms with Gasteiger partial charge in [-0.05, 0) is 12.1 Å². The molecule has 1 aromatic rings. The smallest absolute Gasteiger partial charge is 0.432 e. The zero-order valence-corrected chi connectivity index (χ0v) is 5.74. The summed E-state index contributed by atoms with van der Waals surface area (Å²) in [5, 5.41) is 22.8. The van der Waals surface area contributed by atoms with Crippen LogP contribution in [0.1, 0.15) is 0 Å². The van der Waals surface area contributed by atoms with Crippen molar-refractivity contribution in [2.24, 2.45) is 0 Å². The molecule has 0 aliphatic rings. The molecule has 1 rings (SSSR count). The van der Waals surface area contributed by atoms with Crippen LogP contribution in [0.4, 0.5) is 4.39 Å². The Hall–Kier alpha value is -1.07. The quantitative estimate of drug-likeness (QED) is 0.457. The Morgan fingerprint density at radius 2 is 1.64 bits per heavy atom. The summed E-state index contributed by atoms with van der Waals surface area (Å²) < 4.78 is 12.1. The van der Waals surface area contributed by atoms with E-state index in [1.165, 1.54) is 18.2 Å². The molecule has 0 heterocycles. The predicted molar refractivity (Wildman–Crippen MR) is 39.7 cm³/mol. The van der Waals surface area contributed by atoms with Crippen molar-refractivity contribution in [2.45, 2.75) is 0 Å². The fraction of sp³-hybridized carbons (Fsp3) is 0. The monoisotopic (exact) mass is 158 g/mol. The van der Waals surface area contributed by atoms with Crippen LogP contribution in [0.3, 0.4) is 0 Å². The van der Waals surface area contributed by atoms with E-state index in [0.717, 1.165) is 0 Å². The molecule has 0 atom stereocenters. The van der Waals surface area contributed by atoms with Crippen molar-refractivity contribution >= 4 is 7.69 Å². The first-order valence-corrected chi connectivity index (χ1v) is 2.87. The van der Waals surface area contributed by atoms with Gasteiger partial charge in [0.2, 0.25) is 0 Å². The van der Waals surface area contributed by atoms with Gasteiger partial charge in [-0.1, -0.05) is 12.1 Å². The molecule has 3 nitrogen and oxygen atoms in total. The first kappa shape index (κ1) is 9.93. The molecule has 0 spiro atoms. The van der Waals surface area contributed by atoms with Crippen molar-refractivity contribution in [1.29, 1.82) is 0 Å². The first-order chi connectivity index (χ1) is 5.22. The zero-order chi connectivity index (χ0) is 8.69. The molecule has 0 aliphatic carbocycles. The number of benzene rings is 1. The van der Waals surface area contributed by atoms with Crippen molar-refractivity contribution in [3.05, 3.63) is 30.1 Å². The van der Waals surface area contributed by atoms with Gasteiger partial charge in [-0.15, -0.1) is 0 Å². The third-order valence-electron chi connectivity index (χ3n) is 0.852. The predicted octanol–water partition coefficient (Wildman–Crippen LogP) is -0.231. The lowest BCUT2D eigenvalue weighted by Gasteiger charge is -1.88. The molecule has 0 saturated carbocycles. The van der Waals surface area contributed by atoms with E-state index in [2.05, 4.69) is 0 Å². The van der Waals surface area contributed by atoms with Crippen LogP contribution in [-0.4, -0.2) is 22.8 Å². The lowest BCUT2D eigenvalue weighted by molar-refractivity contribution is 0.432. The molecule has 0 aliphatic heterocycles. The van der Waals surface area contributed by atoms with Gasteiger partial charge in [0.1, 0.15) is 0 Å². The number of halogens is 1. The maximum atomic E-state index is 12.1. The van der Waals surface area contributed by atoms with Crippen molar-refractivity contribution < 1.29 is 19.5 Å². The third kappa shape index (κ3) is 4.35. The maximum absolute atomic E-state index is 12.1. The molecule has 0 bridgehead atoms. The van der Waals surface area contributed by atoms with Crippen LogP contribution in [0.15, 0.2) is 24.3 Å². The molecular formula is C6H8BFO3. The fourth-order valence-electron chi connectivity index (χ4n) is 0.452. The fourth-order valence-corrected chi connectivity index (χ4v) is 0.452. The molecule has 0 unspecified atom stereocenters. The topological polar surface area (TPSA) is 60.7 Å². The molecule has 5 heteroatoms. The van der Waals surface area contributed by atoms with Gasteiger partial charge in [0, 0.05) is 0 Å². The zero-order valence-electron chi connectivity index (χ0n) is 5.74. The van der Waals surface area contributed by atoms with Crippen molar-refractivity contribution in [3.8, 4) is 5.75 Å². The average Bonchev–Trinajstić information content (AvgIpc) is 1.97. The van der Waals surface area contributed by atoms with Crippen molar-refractivity contribution in [1.82, 2.24) is 0 Å². The van der Waals surface area contributed by atoms with E-state index in [-0.39, 0.29) is 5.75 Å². The minimum absolute atomic E-state index is 0.299. The largest absolute Gasteiger partial charge is 0.505 e. The summed E-state index contributed by atoms with van der Waals surface area (Å²) in [6.07, 6.45) is 0. The Kier molecular flexibility index (Phi) is 5.15. The van der Waals surface area contributed by atoms with E-state index in [1.807, 2.05) is 0 Å². The van der Waals surface area contributed by atoms with Crippen LogP contribution in [0, 0.1) is 5.82 Å². The van der Waals surface area contributed by atoms with Gasteiger partial charge in [0.05, 0.1) is 0 Å². The highest BCUT2D eigenvalue weighted by atomic mass is 19.1. The van der Waals surface area contributed by atoms with Crippen molar-refractivity contribution in [2.75, 3.05) is 0 Å². The number of phenolic OH excluding ortho intramolecular Hbond substituents is 1. The minimum Gasteiger partial charge on any atom is -0.505 e. The van der Waals surface area contributed by atoms with Crippen molar-refractivity contribution in [3.63, 3.8) is 0 Å². The summed E-state index contributed by atoms with van der Waals surface area (Å²) in [4.78, 5) is 0. The standard InChI is InChI=1S/C6H5FO.BH3O2/c7-5-3-1-2-4-6(5)8;2-1-3/h1-4,8H;1-3H. The number of para-hydroxylation sites is 1. The van der Waals surface area contributed by atoms with Crippen LogP contribution in [0.5, 0.6) is 5.75 Å². The minimum atomic E-state index is -0.750. The summed E-state index contributed by atoms with van der Waals surface area (Å²) in [5.41, 5.74) is 0. The lowest BCUT2D eigenvalue weighted by Crippen LogP contribution is -1.75. The molecule has 0 radical (unpaired) electrons. The molecule has 0 aromatic heterocycles. The van der Waals surface area contributed by atoms with Crippen LogP contribution in [0.2, 0.25) is 0 Å². The number of hydrogen-bond donors (Lipinski definition) is 3. The summed E-state index contributed by atoms with van der Waals surface area (Å²) >= 11 is 0. The molecule has 60 valence electrons. The Balaban J connectivity index is 0.000000292. The maximum Gasteiger partial charge on any atom is 0.432 e. The summed E-state index contributed by atoms with van der Waals surface area (Å²) in [6.45, 7) is 0. The van der Waals surface area contributed by atoms with Gasteiger partial charge in [-0.3, -0.25) is 0 Å². The highest BCUT2D eigenvalue weighted by Crippen LogP contribution is 2.11. The molecule has 0 fully saturated rings. The van der Waals surface area contributed by atoms with Gasteiger partial charge in [0.25, 0.3) is 0 Å². The van der Waals surface area contributed by atoms with E-state index < -0.39 is 13.5 Å². The molecule has 11 heavy (non-hydrogen) atoms. The van der Waals surface area contributed by atoms with E-state index in [4.69, 9.17) is 15.2 Å². The highest BCUT2D eigenvalue weighted by molar-refractivity contribution is 6.13. The number of aromatic hydroxyl groups is 1. The Labute approximate surface area is 64.0 Å². The van der Waals surface area contributed by atoms with E-state index in [9.17, 15) is 4.39 Å². The van der Waals surface area contributed by atoms with E-state index in [1.54, 1.807) is 6.07 Å². The van der Waals surface area contributed by atoms with Gasteiger partial charge in [-0.2, -0.15) is 0 Å². The second-order valence-electron chi connectivity index (χ2n) is 1.59. The normalized spacial score (nSPS) is 7.91. The van der Waals surface area contributed by atoms with E-state index >= 15 is 0 Å². The molecular weight excluding hydrogens is 150 g/mol. The van der Waals surface area contributed by atoms with Crippen LogP contribution in [0.25, 0.3) is 0 Å².